The molecular formula is C13H15N5O. The van der Waals surface area contributed by atoms with Gasteiger partial charge < -0.3 is 10.2 Å². The zero-order chi connectivity index (χ0) is 13.1. The summed E-state index contributed by atoms with van der Waals surface area (Å²) in [6.07, 6.45) is 3.51. The number of carbonyl (C=O) groups is 1. The summed E-state index contributed by atoms with van der Waals surface area (Å²) in [4.78, 5) is 13.7. The van der Waals surface area contributed by atoms with Crippen molar-refractivity contribution in [2.75, 3.05) is 18.4 Å². The monoisotopic (exact) mass is 257 g/mol. The van der Waals surface area contributed by atoms with E-state index in [0.29, 0.717) is 5.92 Å². The lowest BCUT2D eigenvalue weighted by Gasteiger charge is -2.38. The van der Waals surface area contributed by atoms with Crippen LogP contribution in [0.2, 0.25) is 0 Å². The van der Waals surface area contributed by atoms with Crippen molar-refractivity contribution < 1.29 is 4.79 Å². The van der Waals surface area contributed by atoms with E-state index in [2.05, 4.69) is 15.6 Å². The molecule has 2 heterocycles. The summed E-state index contributed by atoms with van der Waals surface area (Å²) in [5, 5.41) is 10.6. The number of hydrogen-bond acceptors (Lipinski definition) is 3. The average Bonchev–Trinajstić information content (AvgIpc) is 2.87. The lowest BCUT2D eigenvalue weighted by molar-refractivity contribution is 0.117. The highest BCUT2D eigenvalue weighted by atomic mass is 16.2. The maximum Gasteiger partial charge on any atom is 0.321 e. The minimum absolute atomic E-state index is 0.0407. The van der Waals surface area contributed by atoms with Gasteiger partial charge in [-0.1, -0.05) is 23.4 Å². The van der Waals surface area contributed by atoms with Crippen LogP contribution in [0.1, 0.15) is 0 Å². The molecule has 1 fully saturated rings. The first kappa shape index (κ1) is 11.7. The van der Waals surface area contributed by atoms with Crippen molar-refractivity contribution in [3.8, 4) is 0 Å². The number of carbonyl (C=O) groups excluding carboxylic acids is 1. The van der Waals surface area contributed by atoms with Crippen LogP contribution in [0.3, 0.4) is 0 Å². The first-order valence-corrected chi connectivity index (χ1v) is 6.26. The van der Waals surface area contributed by atoms with Gasteiger partial charge in [0.2, 0.25) is 0 Å². The molecule has 0 aliphatic carbocycles. The average molecular weight is 257 g/mol. The maximum absolute atomic E-state index is 11.9. The quantitative estimate of drug-likeness (QED) is 0.905. The van der Waals surface area contributed by atoms with Gasteiger partial charge in [0.15, 0.2) is 0 Å². The molecule has 0 atom stereocenters. The molecule has 6 heteroatoms. The zero-order valence-corrected chi connectivity index (χ0v) is 10.4. The molecule has 1 aromatic heterocycles. The van der Waals surface area contributed by atoms with Gasteiger partial charge in [-0.05, 0) is 12.1 Å². The number of nitrogens with zero attached hydrogens (tertiary/aromatic N) is 4. The maximum atomic E-state index is 11.9. The molecular weight excluding hydrogens is 242 g/mol. The van der Waals surface area contributed by atoms with Crippen molar-refractivity contribution >= 4 is 11.7 Å². The summed E-state index contributed by atoms with van der Waals surface area (Å²) >= 11 is 0. The highest BCUT2D eigenvalue weighted by molar-refractivity contribution is 5.89. The van der Waals surface area contributed by atoms with Crippen LogP contribution in [0.15, 0.2) is 42.7 Å². The van der Waals surface area contributed by atoms with E-state index in [1.807, 2.05) is 36.5 Å². The van der Waals surface area contributed by atoms with E-state index in [9.17, 15) is 4.79 Å². The van der Waals surface area contributed by atoms with Crippen LogP contribution in [0.5, 0.6) is 0 Å². The zero-order valence-electron chi connectivity index (χ0n) is 10.4. The van der Waals surface area contributed by atoms with Crippen molar-refractivity contribution in [3.63, 3.8) is 0 Å². The second-order valence-corrected chi connectivity index (χ2v) is 4.69. The summed E-state index contributed by atoms with van der Waals surface area (Å²) in [6.45, 7) is 2.34. The molecule has 1 saturated heterocycles. The van der Waals surface area contributed by atoms with E-state index in [-0.39, 0.29) is 6.03 Å². The molecule has 1 aliphatic rings. The molecule has 6 nitrogen and oxygen atoms in total. The van der Waals surface area contributed by atoms with E-state index < -0.39 is 0 Å². The number of para-hydroxylation sites is 1. The fourth-order valence-corrected chi connectivity index (χ4v) is 2.17. The standard InChI is InChI=1S/C13H15N5O/c19-13(15-12-4-2-1-3-5-12)17-8-11(9-17)10-18-7-6-14-16-18/h1-7,11H,8-10H2,(H,15,19). The van der Waals surface area contributed by atoms with E-state index in [1.54, 1.807) is 15.8 Å². The number of likely N-dealkylation sites (tertiary alicyclic amines) is 1. The molecule has 0 spiro atoms. The van der Waals surface area contributed by atoms with Crippen LogP contribution >= 0.6 is 0 Å². The Hall–Kier alpha value is -2.37. The van der Waals surface area contributed by atoms with Gasteiger partial charge in [0.05, 0.1) is 6.20 Å². The Morgan fingerprint density at radius 2 is 2.11 bits per heavy atom. The van der Waals surface area contributed by atoms with Gasteiger partial charge >= 0.3 is 6.03 Å². The molecule has 0 unspecified atom stereocenters. The number of amides is 2. The van der Waals surface area contributed by atoms with Crippen molar-refractivity contribution in [1.82, 2.24) is 19.9 Å². The SMILES string of the molecule is O=C(Nc1ccccc1)N1CC(Cn2ccnn2)C1. The highest BCUT2D eigenvalue weighted by Crippen LogP contribution is 2.18. The molecule has 2 amide bonds. The number of urea groups is 1. The van der Waals surface area contributed by atoms with E-state index >= 15 is 0 Å². The molecule has 1 N–H and O–H groups in total. The minimum atomic E-state index is -0.0407. The van der Waals surface area contributed by atoms with Crippen molar-refractivity contribution in [2.24, 2.45) is 5.92 Å². The number of rotatable bonds is 3. The van der Waals surface area contributed by atoms with E-state index in [4.69, 9.17) is 0 Å². The molecule has 0 saturated carbocycles. The smallest absolute Gasteiger partial charge is 0.321 e. The Kier molecular flexibility index (Phi) is 3.14. The second-order valence-electron chi connectivity index (χ2n) is 4.69. The highest BCUT2D eigenvalue weighted by Gasteiger charge is 2.30. The van der Waals surface area contributed by atoms with Gasteiger partial charge in [0, 0.05) is 37.4 Å². The van der Waals surface area contributed by atoms with Gasteiger partial charge in [0.1, 0.15) is 0 Å². The Balaban J connectivity index is 1.47. The topological polar surface area (TPSA) is 63.1 Å². The summed E-state index contributed by atoms with van der Waals surface area (Å²) in [5.74, 6) is 0.461. The largest absolute Gasteiger partial charge is 0.324 e. The summed E-state index contributed by atoms with van der Waals surface area (Å²) in [7, 11) is 0. The van der Waals surface area contributed by atoms with Gasteiger partial charge in [-0.3, -0.25) is 4.68 Å². The number of nitrogens with one attached hydrogen (secondary N) is 1. The molecule has 0 bridgehead atoms. The summed E-state index contributed by atoms with van der Waals surface area (Å²) in [5.41, 5.74) is 0.826. The third-order valence-electron chi connectivity index (χ3n) is 3.19. The summed E-state index contributed by atoms with van der Waals surface area (Å²) in [6, 6.07) is 9.45. The predicted molar refractivity (Wildman–Crippen MR) is 70.5 cm³/mol. The van der Waals surface area contributed by atoms with Crippen LogP contribution in [0.25, 0.3) is 0 Å². The van der Waals surface area contributed by atoms with Crippen LogP contribution in [0, 0.1) is 5.92 Å². The normalized spacial score (nSPS) is 15.1. The second kappa shape index (κ2) is 5.09. The van der Waals surface area contributed by atoms with Crippen LogP contribution in [-0.2, 0) is 6.54 Å². The fourth-order valence-electron chi connectivity index (χ4n) is 2.17. The lowest BCUT2D eigenvalue weighted by atomic mass is 10.0. The molecule has 19 heavy (non-hydrogen) atoms. The molecule has 0 radical (unpaired) electrons. The Morgan fingerprint density at radius 1 is 1.32 bits per heavy atom. The Morgan fingerprint density at radius 3 is 2.79 bits per heavy atom. The number of hydrogen-bond donors (Lipinski definition) is 1. The van der Waals surface area contributed by atoms with Crippen LogP contribution < -0.4 is 5.32 Å². The molecule has 98 valence electrons. The van der Waals surface area contributed by atoms with Gasteiger partial charge in [-0.25, -0.2) is 4.79 Å². The van der Waals surface area contributed by atoms with Crippen LogP contribution in [0.4, 0.5) is 10.5 Å². The van der Waals surface area contributed by atoms with Crippen molar-refractivity contribution in [1.29, 1.82) is 0 Å². The van der Waals surface area contributed by atoms with Gasteiger partial charge in [-0.15, -0.1) is 5.10 Å². The minimum Gasteiger partial charge on any atom is -0.324 e. The third kappa shape index (κ3) is 2.73. The summed E-state index contributed by atoms with van der Waals surface area (Å²) < 4.78 is 1.80. The molecule has 1 aliphatic heterocycles. The fraction of sp³-hybridized carbons (Fsp3) is 0.308. The predicted octanol–water partition coefficient (Wildman–Crippen LogP) is 1.44. The van der Waals surface area contributed by atoms with Crippen molar-refractivity contribution in [3.05, 3.63) is 42.7 Å². The number of benzene rings is 1. The molecule has 2 aromatic rings. The third-order valence-corrected chi connectivity index (χ3v) is 3.19. The first-order valence-electron chi connectivity index (χ1n) is 6.26. The lowest BCUT2D eigenvalue weighted by Crippen LogP contribution is -2.52. The number of aromatic nitrogens is 3. The van der Waals surface area contributed by atoms with Gasteiger partial charge in [-0.2, -0.15) is 0 Å². The Bertz CT molecular complexity index is 533. The molecule has 3 rings (SSSR count). The van der Waals surface area contributed by atoms with E-state index in [0.717, 1.165) is 25.3 Å². The molecule has 1 aromatic carbocycles. The van der Waals surface area contributed by atoms with Gasteiger partial charge in [0.25, 0.3) is 0 Å². The van der Waals surface area contributed by atoms with Crippen molar-refractivity contribution in [2.45, 2.75) is 6.54 Å². The van der Waals surface area contributed by atoms with Crippen LogP contribution in [-0.4, -0.2) is 39.0 Å². The Labute approximate surface area is 111 Å². The van der Waals surface area contributed by atoms with E-state index in [1.165, 1.54) is 0 Å². The first-order chi connectivity index (χ1) is 9.31. The number of anilines is 1.